The summed E-state index contributed by atoms with van der Waals surface area (Å²) in [5.41, 5.74) is 7.22. The molecule has 1 aliphatic heterocycles. The minimum absolute atomic E-state index is 0.144. The molecule has 6 heteroatoms. The monoisotopic (exact) mass is 238 g/mol. The van der Waals surface area contributed by atoms with Crippen LogP contribution in [0.25, 0.3) is 0 Å². The largest absolute Gasteiger partial charge is 0.395 e. The second-order valence-electron chi connectivity index (χ2n) is 4.43. The van der Waals surface area contributed by atoms with Gasteiger partial charge >= 0.3 is 0 Å². The number of nitrogens with zero attached hydrogens (tertiary/aromatic N) is 2. The van der Waals surface area contributed by atoms with Crippen molar-refractivity contribution in [3.05, 3.63) is 11.4 Å². The fraction of sp³-hybridized carbons (Fsp3) is 0.636. The number of likely N-dealkylation sites (N-methyl/N-ethyl adjacent to an activating group) is 1. The Labute approximate surface area is 100 Å². The molecular formula is C11H18N4O2. The van der Waals surface area contributed by atoms with Crippen LogP contribution in [-0.2, 0) is 4.74 Å². The number of ether oxygens (including phenoxy) is 1. The van der Waals surface area contributed by atoms with Crippen molar-refractivity contribution < 1.29 is 9.53 Å². The van der Waals surface area contributed by atoms with E-state index in [2.05, 4.69) is 10.2 Å². The maximum Gasteiger partial charge on any atom is 0.276 e. The number of aromatic nitrogens is 2. The van der Waals surface area contributed by atoms with Crippen LogP contribution in [0, 0.1) is 6.92 Å². The van der Waals surface area contributed by atoms with Crippen LogP contribution in [-0.4, -0.2) is 47.3 Å². The summed E-state index contributed by atoms with van der Waals surface area (Å²) in [6, 6.07) is 0. The van der Waals surface area contributed by atoms with Crippen LogP contribution in [0.3, 0.4) is 0 Å². The van der Waals surface area contributed by atoms with E-state index in [1.165, 1.54) is 0 Å². The molecule has 2 rings (SSSR count). The first-order valence-corrected chi connectivity index (χ1v) is 5.77. The molecule has 17 heavy (non-hydrogen) atoms. The summed E-state index contributed by atoms with van der Waals surface area (Å²) in [4.78, 5) is 13.7. The van der Waals surface area contributed by atoms with E-state index >= 15 is 0 Å². The number of nitrogen functional groups attached to an aromatic ring is 1. The Morgan fingerprint density at radius 3 is 3.00 bits per heavy atom. The molecule has 1 aliphatic rings. The van der Waals surface area contributed by atoms with Crippen molar-refractivity contribution >= 4 is 11.6 Å². The quantitative estimate of drug-likeness (QED) is 0.805. The molecule has 1 saturated heterocycles. The van der Waals surface area contributed by atoms with Crippen molar-refractivity contribution in [1.82, 2.24) is 15.1 Å². The zero-order chi connectivity index (χ0) is 12.4. The van der Waals surface area contributed by atoms with Crippen LogP contribution in [0.5, 0.6) is 0 Å². The highest BCUT2D eigenvalue weighted by molar-refractivity contribution is 5.97. The topological polar surface area (TPSA) is 84.2 Å². The number of nitrogens with two attached hydrogens (primary N) is 1. The molecule has 0 spiro atoms. The predicted octanol–water partition coefficient (Wildman–Crippen LogP) is 0.551. The highest BCUT2D eigenvalue weighted by Crippen LogP contribution is 2.17. The zero-order valence-electron chi connectivity index (χ0n) is 10.2. The number of amides is 1. The molecule has 2 heterocycles. The van der Waals surface area contributed by atoms with Crippen LogP contribution >= 0.6 is 0 Å². The number of rotatable bonds is 3. The number of hydrogen-bond donors (Lipinski definition) is 2. The average Bonchev–Trinajstić information content (AvgIpc) is 2.90. The van der Waals surface area contributed by atoms with Crippen molar-refractivity contribution in [1.29, 1.82) is 0 Å². The molecule has 1 atom stereocenters. The number of aromatic amines is 1. The van der Waals surface area contributed by atoms with Crippen LogP contribution in [0.2, 0.25) is 0 Å². The fourth-order valence-electron chi connectivity index (χ4n) is 1.96. The normalized spacial score (nSPS) is 19.5. The number of hydrogen-bond acceptors (Lipinski definition) is 4. The number of carbonyl (C=O) groups is 1. The van der Waals surface area contributed by atoms with Crippen LogP contribution in [0.15, 0.2) is 0 Å². The van der Waals surface area contributed by atoms with Crippen LogP contribution in [0.4, 0.5) is 5.69 Å². The van der Waals surface area contributed by atoms with Crippen LogP contribution < -0.4 is 5.73 Å². The Morgan fingerprint density at radius 2 is 2.47 bits per heavy atom. The van der Waals surface area contributed by atoms with Gasteiger partial charge in [-0.05, 0) is 19.8 Å². The van der Waals surface area contributed by atoms with Gasteiger partial charge in [0.25, 0.3) is 5.91 Å². The fourth-order valence-corrected chi connectivity index (χ4v) is 1.96. The summed E-state index contributed by atoms with van der Waals surface area (Å²) in [6.07, 6.45) is 2.22. The second-order valence-corrected chi connectivity index (χ2v) is 4.43. The maximum atomic E-state index is 12.1. The van der Waals surface area contributed by atoms with E-state index in [1.54, 1.807) is 18.9 Å². The molecule has 1 aromatic rings. The Bertz CT molecular complexity index is 410. The standard InChI is InChI=1S/C11H18N4O2/c1-7-9(12)10(14-13-7)11(16)15(2)6-8-4-3-5-17-8/h8H,3-6,12H2,1-2H3,(H,13,14). The molecule has 0 radical (unpaired) electrons. The molecular weight excluding hydrogens is 220 g/mol. The van der Waals surface area contributed by atoms with E-state index in [1.807, 2.05) is 0 Å². The number of anilines is 1. The van der Waals surface area contributed by atoms with Gasteiger partial charge in [-0.3, -0.25) is 9.89 Å². The highest BCUT2D eigenvalue weighted by atomic mass is 16.5. The molecule has 6 nitrogen and oxygen atoms in total. The molecule has 0 bridgehead atoms. The SMILES string of the molecule is Cc1[nH]nc(C(=O)N(C)CC2CCCO2)c1N. The zero-order valence-corrected chi connectivity index (χ0v) is 10.2. The van der Waals surface area contributed by atoms with E-state index in [0.29, 0.717) is 17.9 Å². The third kappa shape index (κ3) is 2.41. The summed E-state index contributed by atoms with van der Waals surface area (Å²) in [6.45, 7) is 3.17. The minimum atomic E-state index is -0.164. The van der Waals surface area contributed by atoms with Gasteiger partial charge in [0, 0.05) is 20.2 Å². The van der Waals surface area contributed by atoms with E-state index in [-0.39, 0.29) is 12.0 Å². The van der Waals surface area contributed by atoms with Crippen molar-refractivity contribution in [2.75, 3.05) is 25.9 Å². The lowest BCUT2D eigenvalue weighted by Gasteiger charge is -2.20. The van der Waals surface area contributed by atoms with Crippen molar-refractivity contribution in [2.24, 2.45) is 0 Å². The minimum Gasteiger partial charge on any atom is -0.395 e. The number of aryl methyl sites for hydroxylation is 1. The van der Waals surface area contributed by atoms with Gasteiger partial charge in [0.2, 0.25) is 0 Å². The highest BCUT2D eigenvalue weighted by Gasteiger charge is 2.23. The molecule has 1 unspecified atom stereocenters. The van der Waals surface area contributed by atoms with Gasteiger partial charge in [-0.15, -0.1) is 0 Å². The first kappa shape index (κ1) is 11.9. The number of carbonyl (C=O) groups excluding carboxylic acids is 1. The number of H-pyrrole nitrogens is 1. The molecule has 0 aliphatic carbocycles. The molecule has 0 saturated carbocycles. The summed E-state index contributed by atoms with van der Waals surface area (Å²) in [5.74, 6) is -0.164. The first-order valence-electron chi connectivity index (χ1n) is 5.77. The van der Waals surface area contributed by atoms with Gasteiger partial charge in [-0.2, -0.15) is 5.10 Å². The van der Waals surface area contributed by atoms with Gasteiger partial charge in [-0.25, -0.2) is 0 Å². The molecule has 0 aromatic carbocycles. The molecule has 1 fully saturated rings. The van der Waals surface area contributed by atoms with Crippen molar-refractivity contribution in [3.63, 3.8) is 0 Å². The van der Waals surface area contributed by atoms with E-state index in [0.717, 1.165) is 25.1 Å². The predicted molar refractivity (Wildman–Crippen MR) is 63.7 cm³/mol. The summed E-state index contributed by atoms with van der Waals surface area (Å²) < 4.78 is 5.49. The van der Waals surface area contributed by atoms with E-state index in [9.17, 15) is 4.79 Å². The molecule has 94 valence electrons. The lowest BCUT2D eigenvalue weighted by Crippen LogP contribution is -2.34. The first-order chi connectivity index (χ1) is 8.09. The summed E-state index contributed by atoms with van der Waals surface area (Å²) in [5, 5.41) is 6.64. The van der Waals surface area contributed by atoms with Gasteiger partial charge in [0.15, 0.2) is 5.69 Å². The van der Waals surface area contributed by atoms with Gasteiger partial charge < -0.3 is 15.4 Å². The van der Waals surface area contributed by atoms with E-state index in [4.69, 9.17) is 10.5 Å². The second kappa shape index (κ2) is 4.75. The number of nitrogens with one attached hydrogen (secondary N) is 1. The Balaban J connectivity index is 2.01. The average molecular weight is 238 g/mol. The third-order valence-corrected chi connectivity index (χ3v) is 3.05. The lowest BCUT2D eigenvalue weighted by molar-refractivity contribution is 0.0583. The summed E-state index contributed by atoms with van der Waals surface area (Å²) in [7, 11) is 1.74. The molecule has 3 N–H and O–H groups in total. The Kier molecular flexibility index (Phi) is 3.33. The van der Waals surface area contributed by atoms with Gasteiger partial charge in [-0.1, -0.05) is 0 Å². The van der Waals surface area contributed by atoms with Gasteiger partial charge in [0.1, 0.15) is 0 Å². The lowest BCUT2D eigenvalue weighted by atomic mass is 10.2. The Morgan fingerprint density at radius 1 is 1.71 bits per heavy atom. The third-order valence-electron chi connectivity index (χ3n) is 3.05. The van der Waals surface area contributed by atoms with Gasteiger partial charge in [0.05, 0.1) is 17.5 Å². The molecule has 1 amide bonds. The van der Waals surface area contributed by atoms with Crippen LogP contribution in [0.1, 0.15) is 29.0 Å². The van der Waals surface area contributed by atoms with E-state index < -0.39 is 0 Å². The van der Waals surface area contributed by atoms with Crippen molar-refractivity contribution in [2.45, 2.75) is 25.9 Å². The summed E-state index contributed by atoms with van der Waals surface area (Å²) >= 11 is 0. The van der Waals surface area contributed by atoms with Crippen molar-refractivity contribution in [3.8, 4) is 0 Å². The maximum absolute atomic E-state index is 12.1. The smallest absolute Gasteiger partial charge is 0.276 e. The Hall–Kier alpha value is -1.56. The molecule has 1 aromatic heterocycles.